The van der Waals surface area contributed by atoms with Gasteiger partial charge in [-0.25, -0.2) is 4.79 Å². The van der Waals surface area contributed by atoms with Crippen molar-refractivity contribution in [1.29, 1.82) is 0 Å². The number of rotatable bonds is 5. The average Bonchev–Trinajstić information content (AvgIpc) is 2.53. The van der Waals surface area contributed by atoms with Gasteiger partial charge >= 0.3 is 5.97 Å². The van der Waals surface area contributed by atoms with E-state index in [1.54, 1.807) is 23.5 Å². The third kappa shape index (κ3) is 3.52. The Labute approximate surface area is 140 Å². The number of dihydropyridines is 1. The van der Waals surface area contributed by atoms with E-state index in [1.165, 1.54) is 4.90 Å². The second-order valence-electron chi connectivity index (χ2n) is 4.86. The van der Waals surface area contributed by atoms with Crippen LogP contribution < -0.4 is 5.32 Å². The molecule has 1 unspecified atom stereocenters. The Morgan fingerprint density at radius 3 is 2.64 bits per heavy atom. The molecule has 118 valence electrons. The molecule has 0 saturated heterocycles. The lowest BCUT2D eigenvalue weighted by Crippen LogP contribution is -2.25. The number of allylic oxidation sites excluding steroid dienone is 2. The van der Waals surface area contributed by atoms with Crippen molar-refractivity contribution in [3.63, 3.8) is 0 Å². The van der Waals surface area contributed by atoms with Gasteiger partial charge in [-0.15, -0.1) is 23.5 Å². The van der Waals surface area contributed by atoms with Crippen LogP contribution in [0.15, 0.2) is 51.5 Å². The van der Waals surface area contributed by atoms with Crippen molar-refractivity contribution in [3.05, 3.63) is 52.2 Å². The number of hydrogen-bond acceptors (Lipinski definition) is 5. The van der Waals surface area contributed by atoms with Gasteiger partial charge in [0.2, 0.25) is 0 Å². The Morgan fingerprint density at radius 2 is 2.00 bits per heavy atom. The molecule has 22 heavy (non-hydrogen) atoms. The van der Waals surface area contributed by atoms with Gasteiger partial charge in [0.05, 0.1) is 17.2 Å². The molecule has 1 heterocycles. The summed E-state index contributed by atoms with van der Waals surface area (Å²) in [4.78, 5) is 13.7. The topological polar surface area (TPSA) is 38.3 Å². The van der Waals surface area contributed by atoms with Gasteiger partial charge in [0.25, 0.3) is 0 Å². The van der Waals surface area contributed by atoms with Crippen LogP contribution in [-0.4, -0.2) is 25.1 Å². The Hall–Kier alpha value is -1.33. The van der Waals surface area contributed by atoms with Crippen molar-refractivity contribution in [2.45, 2.75) is 24.7 Å². The van der Waals surface area contributed by atoms with Crippen molar-refractivity contribution >= 4 is 29.5 Å². The van der Waals surface area contributed by atoms with E-state index in [0.29, 0.717) is 12.2 Å². The number of nitrogens with one attached hydrogen (secondary N) is 1. The first-order valence-electron chi connectivity index (χ1n) is 7.16. The highest BCUT2D eigenvalue weighted by Crippen LogP contribution is 2.39. The highest BCUT2D eigenvalue weighted by atomic mass is 32.2. The first kappa shape index (κ1) is 17.0. The smallest absolute Gasteiger partial charge is 0.337 e. The molecule has 1 N–H and O–H groups in total. The molecule has 1 aromatic carbocycles. The van der Waals surface area contributed by atoms with Gasteiger partial charge in [0.1, 0.15) is 0 Å². The molecular formula is C17H21NO2S2. The van der Waals surface area contributed by atoms with Crippen LogP contribution in [0.4, 0.5) is 0 Å². The molecule has 1 aliphatic rings. The van der Waals surface area contributed by atoms with Gasteiger partial charge in [0.15, 0.2) is 0 Å². The lowest BCUT2D eigenvalue weighted by Gasteiger charge is -2.27. The lowest BCUT2D eigenvalue weighted by molar-refractivity contribution is -0.138. The zero-order valence-corrected chi connectivity index (χ0v) is 14.9. The third-order valence-corrected chi connectivity index (χ3v) is 5.00. The van der Waals surface area contributed by atoms with E-state index < -0.39 is 0 Å². The quantitative estimate of drug-likeness (QED) is 0.647. The van der Waals surface area contributed by atoms with Crippen molar-refractivity contribution in [2.75, 3.05) is 19.1 Å². The van der Waals surface area contributed by atoms with E-state index >= 15 is 0 Å². The number of esters is 1. The summed E-state index contributed by atoms with van der Waals surface area (Å²) in [5, 5.41) is 4.16. The van der Waals surface area contributed by atoms with Gasteiger partial charge in [-0.1, -0.05) is 24.3 Å². The number of thioether (sulfide) groups is 2. The summed E-state index contributed by atoms with van der Waals surface area (Å²) in [7, 11) is 0. The monoisotopic (exact) mass is 335 g/mol. The molecule has 0 spiro atoms. The van der Waals surface area contributed by atoms with E-state index in [-0.39, 0.29) is 11.9 Å². The standard InChI is InChI=1S/C17H21NO2S2/c1-5-20-17(19)15-13(10-11(2)18-16(15)22-4)12-8-6-7-9-14(12)21-3/h6-10,13,18H,5H2,1-4H3. The minimum Gasteiger partial charge on any atom is -0.463 e. The van der Waals surface area contributed by atoms with Crippen LogP contribution in [0, 0.1) is 0 Å². The van der Waals surface area contributed by atoms with Crippen LogP contribution >= 0.6 is 23.5 Å². The van der Waals surface area contributed by atoms with Crippen LogP contribution in [0.3, 0.4) is 0 Å². The maximum atomic E-state index is 12.5. The number of carbonyl (C=O) groups excluding carboxylic acids is 1. The SMILES string of the molecule is CCOC(=O)C1=C(SC)NC(C)=CC1c1ccccc1SC. The predicted molar refractivity (Wildman–Crippen MR) is 95.0 cm³/mol. The third-order valence-electron chi connectivity index (χ3n) is 3.46. The maximum absolute atomic E-state index is 12.5. The Bertz CT molecular complexity index is 623. The molecule has 0 aromatic heterocycles. The molecule has 2 rings (SSSR count). The zero-order chi connectivity index (χ0) is 16.1. The molecule has 0 bridgehead atoms. The number of carbonyl (C=O) groups is 1. The van der Waals surface area contributed by atoms with Crippen LogP contribution in [0.5, 0.6) is 0 Å². The van der Waals surface area contributed by atoms with E-state index in [9.17, 15) is 4.79 Å². The summed E-state index contributed by atoms with van der Waals surface area (Å²) in [6, 6.07) is 8.22. The van der Waals surface area contributed by atoms with E-state index in [0.717, 1.165) is 16.3 Å². The Balaban J connectivity index is 2.55. The van der Waals surface area contributed by atoms with Crippen molar-refractivity contribution in [2.24, 2.45) is 0 Å². The van der Waals surface area contributed by atoms with Gasteiger partial charge in [0, 0.05) is 16.5 Å². The molecule has 0 saturated carbocycles. The number of benzene rings is 1. The van der Waals surface area contributed by atoms with Crippen molar-refractivity contribution in [3.8, 4) is 0 Å². The van der Waals surface area contributed by atoms with Crippen molar-refractivity contribution < 1.29 is 9.53 Å². The summed E-state index contributed by atoms with van der Waals surface area (Å²) in [5.41, 5.74) is 2.89. The summed E-state index contributed by atoms with van der Waals surface area (Å²) in [6.07, 6.45) is 6.12. The largest absolute Gasteiger partial charge is 0.463 e. The molecule has 0 fully saturated rings. The summed E-state index contributed by atoms with van der Waals surface area (Å²) >= 11 is 3.24. The molecule has 1 aliphatic heterocycles. The minimum absolute atomic E-state index is 0.0774. The Morgan fingerprint density at radius 1 is 1.27 bits per heavy atom. The molecule has 0 aliphatic carbocycles. The first-order valence-corrected chi connectivity index (χ1v) is 9.60. The number of ether oxygens (including phenoxy) is 1. The fourth-order valence-corrected chi connectivity index (χ4v) is 3.86. The van der Waals surface area contributed by atoms with Crippen LogP contribution in [0.1, 0.15) is 25.3 Å². The van der Waals surface area contributed by atoms with Crippen LogP contribution in [0.25, 0.3) is 0 Å². The van der Waals surface area contributed by atoms with E-state index in [1.807, 2.05) is 32.2 Å². The minimum atomic E-state index is -0.246. The van der Waals surface area contributed by atoms with E-state index in [4.69, 9.17) is 4.74 Å². The van der Waals surface area contributed by atoms with Crippen LogP contribution in [-0.2, 0) is 9.53 Å². The maximum Gasteiger partial charge on any atom is 0.337 e. The lowest BCUT2D eigenvalue weighted by atomic mass is 9.89. The normalized spacial score (nSPS) is 17.8. The molecule has 0 radical (unpaired) electrons. The fraction of sp³-hybridized carbons (Fsp3) is 0.353. The Kier molecular flexibility index (Phi) is 6.03. The fourth-order valence-electron chi connectivity index (χ4n) is 2.52. The highest BCUT2D eigenvalue weighted by Gasteiger charge is 2.30. The second-order valence-corrected chi connectivity index (χ2v) is 6.53. The van der Waals surface area contributed by atoms with Gasteiger partial charge in [-0.2, -0.15) is 0 Å². The molecular weight excluding hydrogens is 314 g/mol. The average molecular weight is 335 g/mol. The molecule has 1 atom stereocenters. The van der Waals surface area contributed by atoms with Gasteiger partial charge < -0.3 is 10.1 Å². The predicted octanol–water partition coefficient (Wildman–Crippen LogP) is 4.14. The molecule has 1 aromatic rings. The summed E-state index contributed by atoms with van der Waals surface area (Å²) in [6.45, 7) is 4.23. The highest BCUT2D eigenvalue weighted by molar-refractivity contribution is 8.02. The molecule has 0 amide bonds. The first-order chi connectivity index (χ1) is 10.6. The molecule has 3 nitrogen and oxygen atoms in total. The van der Waals surface area contributed by atoms with Crippen molar-refractivity contribution in [1.82, 2.24) is 5.32 Å². The summed E-state index contributed by atoms with van der Waals surface area (Å²) < 4.78 is 5.29. The van der Waals surface area contributed by atoms with Gasteiger partial charge in [-0.05, 0) is 38.0 Å². The second kappa shape index (κ2) is 7.79. The summed E-state index contributed by atoms with van der Waals surface area (Å²) in [5.74, 6) is -0.324. The molecule has 5 heteroatoms. The van der Waals surface area contributed by atoms with Crippen LogP contribution in [0.2, 0.25) is 0 Å². The van der Waals surface area contributed by atoms with Gasteiger partial charge in [-0.3, -0.25) is 0 Å². The zero-order valence-electron chi connectivity index (χ0n) is 13.3. The van der Waals surface area contributed by atoms with E-state index in [2.05, 4.69) is 29.8 Å². The number of hydrogen-bond donors (Lipinski definition) is 1.